The highest BCUT2D eigenvalue weighted by Crippen LogP contribution is 2.40. The number of alkyl halides is 1. The fourth-order valence-corrected chi connectivity index (χ4v) is 3.87. The van der Waals surface area contributed by atoms with E-state index >= 15 is 0 Å². The smallest absolute Gasteiger partial charge is 0.413 e. The van der Waals surface area contributed by atoms with E-state index in [9.17, 15) is 5.02 Å². The van der Waals surface area contributed by atoms with Crippen LogP contribution in [0.2, 0.25) is 6.82 Å². The molecule has 19 heavy (non-hydrogen) atoms. The molecule has 1 N–H and O–H groups in total. The molecule has 1 heterocycles. The minimum Gasteiger partial charge on any atom is -0.432 e. The summed E-state index contributed by atoms with van der Waals surface area (Å²) in [5.41, 5.74) is 2.72. The normalized spacial score (nSPS) is 21.2. The molecule has 4 heteroatoms. The van der Waals surface area contributed by atoms with Crippen LogP contribution in [0.25, 0.3) is 0 Å². The molecule has 1 aromatic rings. The van der Waals surface area contributed by atoms with Crippen LogP contribution in [0.1, 0.15) is 63.1 Å². The van der Waals surface area contributed by atoms with E-state index in [4.69, 9.17) is 0 Å². The van der Waals surface area contributed by atoms with Crippen LogP contribution in [0, 0.1) is 0 Å². The van der Waals surface area contributed by atoms with Crippen LogP contribution in [-0.2, 0) is 6.42 Å². The molecule has 0 saturated carbocycles. The predicted octanol–water partition coefficient (Wildman–Crippen LogP) is 4.25. The second kappa shape index (κ2) is 6.21. The summed E-state index contributed by atoms with van der Waals surface area (Å²) in [6.45, 7) is 6.50. The summed E-state index contributed by atoms with van der Waals surface area (Å²) in [4.78, 5) is 0. The highest BCUT2D eigenvalue weighted by molar-refractivity contribution is 14.1. The Morgan fingerprint density at radius 2 is 2.00 bits per heavy atom. The van der Waals surface area contributed by atoms with Gasteiger partial charge in [-0.15, -0.1) is 0 Å². The fourth-order valence-electron chi connectivity index (χ4n) is 3.20. The number of fused-ring (bicyclic) bond motifs is 2. The van der Waals surface area contributed by atoms with Gasteiger partial charge in [-0.1, -0.05) is 55.7 Å². The molecule has 1 unspecified atom stereocenters. The number of aromatic nitrogens is 1. The number of hydrogen-bond acceptors (Lipinski definition) is 1. The summed E-state index contributed by atoms with van der Waals surface area (Å²) < 4.78 is 2.33. The Hall–Kier alpha value is 0.0349. The van der Waals surface area contributed by atoms with Gasteiger partial charge in [0, 0.05) is 9.12 Å². The molecule has 0 saturated heterocycles. The van der Waals surface area contributed by atoms with Gasteiger partial charge in [0.1, 0.15) is 0 Å². The maximum Gasteiger partial charge on any atom is 0.413 e. The van der Waals surface area contributed by atoms with Crippen LogP contribution in [0.3, 0.4) is 0 Å². The van der Waals surface area contributed by atoms with Gasteiger partial charge in [-0.2, -0.15) is 0 Å². The van der Waals surface area contributed by atoms with Gasteiger partial charge >= 0.3 is 7.05 Å². The zero-order chi connectivity index (χ0) is 14.0. The first kappa shape index (κ1) is 15.4. The summed E-state index contributed by atoms with van der Waals surface area (Å²) >= 11 is 2.58. The van der Waals surface area contributed by atoms with Crippen molar-refractivity contribution in [1.82, 2.24) is 4.48 Å². The van der Waals surface area contributed by atoms with Gasteiger partial charge < -0.3 is 9.50 Å². The van der Waals surface area contributed by atoms with Crippen LogP contribution in [-0.4, -0.2) is 20.0 Å². The van der Waals surface area contributed by atoms with E-state index in [-0.39, 0.29) is 3.42 Å². The van der Waals surface area contributed by atoms with Gasteiger partial charge in [0.2, 0.25) is 0 Å². The Morgan fingerprint density at radius 1 is 1.32 bits per heavy atom. The fraction of sp³-hybridized carbons (Fsp3) is 0.733. The van der Waals surface area contributed by atoms with Crippen LogP contribution >= 0.6 is 22.6 Å². The predicted molar refractivity (Wildman–Crippen MR) is 91.3 cm³/mol. The van der Waals surface area contributed by atoms with Crippen LogP contribution in [0.15, 0.2) is 12.3 Å². The lowest BCUT2D eigenvalue weighted by molar-refractivity contribution is 0.488. The van der Waals surface area contributed by atoms with Crippen molar-refractivity contribution < 1.29 is 5.02 Å². The molecule has 106 valence electrons. The summed E-state index contributed by atoms with van der Waals surface area (Å²) in [5.74, 6) is 0.588. The number of rotatable bonds is 2. The number of nitrogens with zero attached hydrogens (tertiary/aromatic N) is 1. The van der Waals surface area contributed by atoms with Crippen LogP contribution < -0.4 is 0 Å². The molecule has 0 fully saturated rings. The highest BCUT2D eigenvalue weighted by atomic mass is 127. The maximum atomic E-state index is 9.95. The summed E-state index contributed by atoms with van der Waals surface area (Å²) in [6, 6.07) is 2.34. The molecule has 0 spiro atoms. The summed E-state index contributed by atoms with van der Waals surface area (Å²) in [7, 11) is -0.414. The molecule has 0 aromatic carbocycles. The van der Waals surface area contributed by atoms with Crippen molar-refractivity contribution in [2.75, 3.05) is 0 Å². The second-order valence-corrected chi connectivity index (χ2v) is 9.15. The van der Waals surface area contributed by atoms with E-state index in [0.29, 0.717) is 5.92 Å². The standard InChI is InChI=1S/C15H25BINO/c1-15(2,17)14-9-7-5-4-6-8-13-10-12(14)11-18(13)16(3)19/h10-11,14,19H,4-9H2,1-3H3. The Labute approximate surface area is 131 Å². The molecule has 2 nitrogen and oxygen atoms in total. The average molecular weight is 373 g/mol. The van der Waals surface area contributed by atoms with Crippen molar-refractivity contribution in [1.29, 1.82) is 0 Å². The van der Waals surface area contributed by atoms with E-state index in [1.54, 1.807) is 0 Å². The van der Waals surface area contributed by atoms with Crippen molar-refractivity contribution in [2.24, 2.45) is 0 Å². The first-order valence-electron chi connectivity index (χ1n) is 7.47. The lowest BCUT2D eigenvalue weighted by Crippen LogP contribution is -2.22. The number of hydrogen-bond donors (Lipinski definition) is 1. The molecule has 0 amide bonds. The van der Waals surface area contributed by atoms with Gasteiger partial charge in [0.15, 0.2) is 0 Å². The van der Waals surface area contributed by atoms with E-state index in [1.165, 1.54) is 43.4 Å². The van der Waals surface area contributed by atoms with Crippen LogP contribution in [0.4, 0.5) is 0 Å². The molecular formula is C15H25BINO. The molecule has 2 rings (SSSR count). The molecular weight excluding hydrogens is 348 g/mol. The molecule has 1 aromatic heterocycles. The van der Waals surface area contributed by atoms with Gasteiger partial charge in [-0.25, -0.2) is 0 Å². The minimum atomic E-state index is -0.414. The topological polar surface area (TPSA) is 25.2 Å². The lowest BCUT2D eigenvalue weighted by atomic mass is 9.84. The summed E-state index contributed by atoms with van der Waals surface area (Å²) in [5, 5.41) is 9.95. The molecule has 0 aliphatic heterocycles. The van der Waals surface area contributed by atoms with Crippen LogP contribution in [0.5, 0.6) is 0 Å². The second-order valence-electron chi connectivity index (χ2n) is 6.37. The Balaban J connectivity index is 2.39. The molecule has 2 bridgehead atoms. The molecule has 0 radical (unpaired) electrons. The zero-order valence-electron chi connectivity index (χ0n) is 12.3. The van der Waals surface area contributed by atoms with Crippen molar-refractivity contribution >= 4 is 29.6 Å². The van der Waals surface area contributed by atoms with E-state index in [1.807, 2.05) is 6.82 Å². The summed E-state index contributed by atoms with van der Waals surface area (Å²) in [6.07, 6.45) is 9.78. The average Bonchev–Trinajstić information content (AvgIpc) is 2.69. The highest BCUT2D eigenvalue weighted by Gasteiger charge is 2.30. The van der Waals surface area contributed by atoms with E-state index in [2.05, 4.69) is 53.2 Å². The largest absolute Gasteiger partial charge is 0.432 e. The van der Waals surface area contributed by atoms with Crippen molar-refractivity contribution in [3.8, 4) is 0 Å². The third-order valence-corrected chi connectivity index (χ3v) is 5.01. The Kier molecular flexibility index (Phi) is 5.04. The van der Waals surface area contributed by atoms with Gasteiger partial charge in [0.05, 0.1) is 0 Å². The number of halogens is 1. The monoisotopic (exact) mass is 373 g/mol. The Morgan fingerprint density at radius 3 is 2.63 bits per heavy atom. The van der Waals surface area contributed by atoms with Gasteiger partial charge in [-0.3, -0.25) is 0 Å². The molecule has 1 aliphatic rings. The third kappa shape index (κ3) is 3.78. The SMILES string of the molecule is CB(O)n1cc2cc1CCCCCCC2C(C)(C)I. The first-order valence-corrected chi connectivity index (χ1v) is 8.55. The van der Waals surface area contributed by atoms with Gasteiger partial charge in [0.25, 0.3) is 0 Å². The van der Waals surface area contributed by atoms with Crippen molar-refractivity contribution in [3.05, 3.63) is 23.5 Å². The van der Waals surface area contributed by atoms with E-state index < -0.39 is 7.05 Å². The van der Waals surface area contributed by atoms with Crippen molar-refractivity contribution in [3.63, 3.8) is 0 Å². The van der Waals surface area contributed by atoms with Gasteiger partial charge in [-0.05, 0) is 49.8 Å². The quantitative estimate of drug-likeness (QED) is 0.468. The third-order valence-electron chi connectivity index (χ3n) is 4.26. The lowest BCUT2D eigenvalue weighted by Gasteiger charge is -2.29. The Bertz CT molecular complexity index is 422. The number of aryl methyl sites for hydroxylation is 1. The zero-order valence-corrected chi connectivity index (χ0v) is 14.5. The molecule has 1 atom stereocenters. The minimum absolute atomic E-state index is 0.263. The molecule has 1 aliphatic carbocycles. The van der Waals surface area contributed by atoms with Crippen molar-refractivity contribution in [2.45, 2.75) is 68.5 Å². The first-order chi connectivity index (χ1) is 8.89. The maximum absolute atomic E-state index is 9.95. The van der Waals surface area contributed by atoms with E-state index in [0.717, 1.165) is 6.42 Å².